The molecule has 0 unspecified atom stereocenters. The molecule has 4 rings (SSSR count). The molecule has 2 aromatic carbocycles. The van der Waals surface area contributed by atoms with Gasteiger partial charge >= 0.3 is 5.97 Å². The van der Waals surface area contributed by atoms with Crippen molar-refractivity contribution in [1.82, 2.24) is 9.88 Å². The summed E-state index contributed by atoms with van der Waals surface area (Å²) in [5, 5.41) is 1.62. The normalized spacial score (nSPS) is 18.8. The number of halogens is 2. The fourth-order valence-corrected chi connectivity index (χ4v) is 4.24. The molecule has 0 fully saturated rings. The highest BCUT2D eigenvalue weighted by Crippen LogP contribution is 2.41. The number of carbonyl (C=O) groups is 2. The maximum absolute atomic E-state index is 12.8. The summed E-state index contributed by atoms with van der Waals surface area (Å²) in [5.74, 6) is -1.03. The molecule has 0 radical (unpaired) electrons. The monoisotopic (exact) mass is 416 g/mol. The van der Waals surface area contributed by atoms with Crippen molar-refractivity contribution in [1.29, 1.82) is 0 Å². The summed E-state index contributed by atoms with van der Waals surface area (Å²) < 4.78 is 5.01. The van der Waals surface area contributed by atoms with Gasteiger partial charge in [-0.25, -0.2) is 4.79 Å². The van der Waals surface area contributed by atoms with Crippen LogP contribution < -0.4 is 0 Å². The Kier molecular flexibility index (Phi) is 5.04. The zero-order valence-corrected chi connectivity index (χ0v) is 16.6. The molecule has 1 N–H and O–H groups in total. The molecular weight excluding hydrogens is 399 g/mol. The van der Waals surface area contributed by atoms with Crippen molar-refractivity contribution in [3.8, 4) is 0 Å². The van der Waals surface area contributed by atoms with Gasteiger partial charge in [-0.2, -0.15) is 0 Å². The number of benzene rings is 2. The van der Waals surface area contributed by atoms with E-state index in [2.05, 4.69) is 4.98 Å². The average Bonchev–Trinajstić information content (AvgIpc) is 3.10. The third-order valence-corrected chi connectivity index (χ3v) is 5.67. The maximum Gasteiger partial charge on any atom is 0.328 e. The molecule has 1 aliphatic heterocycles. The van der Waals surface area contributed by atoms with Crippen molar-refractivity contribution in [2.75, 3.05) is 13.0 Å². The lowest BCUT2D eigenvalue weighted by Crippen LogP contribution is -2.52. The fourth-order valence-electron chi connectivity index (χ4n) is 3.98. The minimum atomic E-state index is -0.761. The average molecular weight is 417 g/mol. The maximum atomic E-state index is 12.8. The molecule has 0 saturated heterocycles. The van der Waals surface area contributed by atoms with Crippen molar-refractivity contribution in [2.45, 2.75) is 18.5 Å². The second-order valence-corrected chi connectivity index (χ2v) is 7.40. The standard InChI is InChI=1S/C21H18Cl2N2O3/c1-28-21(27)17-10-15-14-4-2-3-5-16(14)24-19(15)20(25(17)18(26)11-22)12-6-8-13(23)9-7-12/h2-9,17,20,24H,10-11H2,1H3/t17-,20-/m0/s1. The number of aromatic amines is 1. The smallest absolute Gasteiger partial charge is 0.328 e. The first-order chi connectivity index (χ1) is 13.5. The van der Waals surface area contributed by atoms with E-state index in [0.717, 1.165) is 27.7 Å². The summed E-state index contributed by atoms with van der Waals surface area (Å²) in [6, 6.07) is 13.9. The number of alkyl halides is 1. The van der Waals surface area contributed by atoms with Crippen LogP contribution in [0.2, 0.25) is 5.02 Å². The van der Waals surface area contributed by atoms with E-state index in [1.807, 2.05) is 36.4 Å². The lowest BCUT2D eigenvalue weighted by Gasteiger charge is -2.40. The molecule has 2 heterocycles. The van der Waals surface area contributed by atoms with Crippen LogP contribution in [0.3, 0.4) is 0 Å². The summed E-state index contributed by atoms with van der Waals surface area (Å²) >= 11 is 12.0. The van der Waals surface area contributed by atoms with Gasteiger partial charge in [0.2, 0.25) is 5.91 Å². The van der Waals surface area contributed by atoms with Gasteiger partial charge in [-0.3, -0.25) is 4.79 Å². The first kappa shape index (κ1) is 18.8. The number of fused-ring (bicyclic) bond motifs is 3. The number of aromatic nitrogens is 1. The van der Waals surface area contributed by atoms with Gasteiger partial charge in [0, 0.05) is 28.0 Å². The Bertz CT molecular complexity index is 1050. The molecule has 1 aromatic heterocycles. The third kappa shape index (κ3) is 3.05. The lowest BCUT2D eigenvalue weighted by atomic mass is 9.88. The van der Waals surface area contributed by atoms with E-state index >= 15 is 0 Å². The topological polar surface area (TPSA) is 62.4 Å². The second-order valence-electron chi connectivity index (χ2n) is 6.69. The predicted molar refractivity (Wildman–Crippen MR) is 109 cm³/mol. The zero-order valence-electron chi connectivity index (χ0n) is 15.1. The van der Waals surface area contributed by atoms with Gasteiger partial charge in [-0.15, -0.1) is 11.6 Å². The van der Waals surface area contributed by atoms with Gasteiger partial charge in [-0.1, -0.05) is 41.9 Å². The highest BCUT2D eigenvalue weighted by Gasteiger charge is 2.43. The quantitative estimate of drug-likeness (QED) is 0.516. The second kappa shape index (κ2) is 7.49. The number of nitrogens with one attached hydrogen (secondary N) is 1. The van der Waals surface area contributed by atoms with Crippen molar-refractivity contribution >= 4 is 46.0 Å². The third-order valence-electron chi connectivity index (χ3n) is 5.19. The van der Waals surface area contributed by atoms with Crippen LogP contribution in [0.25, 0.3) is 10.9 Å². The van der Waals surface area contributed by atoms with E-state index in [0.29, 0.717) is 11.4 Å². The molecule has 2 atom stereocenters. The van der Waals surface area contributed by atoms with Crippen LogP contribution in [0, 0.1) is 0 Å². The van der Waals surface area contributed by atoms with E-state index in [1.165, 1.54) is 12.0 Å². The molecule has 1 aliphatic rings. The Morgan fingerprint density at radius 3 is 2.57 bits per heavy atom. The molecular formula is C21H18Cl2N2O3. The Morgan fingerprint density at radius 2 is 1.89 bits per heavy atom. The SMILES string of the molecule is COC(=O)[C@@H]1Cc2c([nH]c3ccccc23)[C@H](c2ccc(Cl)cc2)N1C(=O)CCl. The number of hydrogen-bond donors (Lipinski definition) is 1. The Balaban J connectivity index is 1.98. The molecule has 0 spiro atoms. The van der Waals surface area contributed by atoms with Gasteiger partial charge in [0.15, 0.2) is 0 Å². The van der Waals surface area contributed by atoms with Crippen LogP contribution in [-0.2, 0) is 20.7 Å². The minimum Gasteiger partial charge on any atom is -0.467 e. The van der Waals surface area contributed by atoms with Crippen molar-refractivity contribution in [3.05, 3.63) is 70.4 Å². The Hall–Kier alpha value is -2.50. The first-order valence-electron chi connectivity index (χ1n) is 8.85. The number of ether oxygens (including phenoxy) is 1. The van der Waals surface area contributed by atoms with E-state index in [9.17, 15) is 9.59 Å². The van der Waals surface area contributed by atoms with E-state index in [4.69, 9.17) is 27.9 Å². The molecule has 0 bridgehead atoms. The molecule has 144 valence electrons. The summed E-state index contributed by atoms with van der Waals surface area (Å²) in [6.07, 6.45) is 0.360. The van der Waals surface area contributed by atoms with Crippen LogP contribution in [0.15, 0.2) is 48.5 Å². The van der Waals surface area contributed by atoms with Gasteiger partial charge in [0.25, 0.3) is 0 Å². The van der Waals surface area contributed by atoms with Crippen LogP contribution in [0.5, 0.6) is 0 Å². The van der Waals surface area contributed by atoms with Gasteiger partial charge in [0.1, 0.15) is 11.9 Å². The van der Waals surface area contributed by atoms with E-state index in [1.54, 1.807) is 12.1 Å². The predicted octanol–water partition coefficient (Wildman–Crippen LogP) is 4.08. The van der Waals surface area contributed by atoms with Gasteiger partial charge in [0.05, 0.1) is 13.2 Å². The largest absolute Gasteiger partial charge is 0.467 e. The first-order valence-corrected chi connectivity index (χ1v) is 9.76. The Labute approximate surface area is 172 Å². The number of methoxy groups -OCH3 is 1. The van der Waals surface area contributed by atoms with Crippen LogP contribution in [0.1, 0.15) is 22.9 Å². The van der Waals surface area contributed by atoms with E-state index in [-0.39, 0.29) is 11.8 Å². The molecule has 5 nitrogen and oxygen atoms in total. The number of rotatable bonds is 3. The summed E-state index contributed by atoms with van der Waals surface area (Å²) in [4.78, 5) is 30.4. The molecule has 28 heavy (non-hydrogen) atoms. The number of carbonyl (C=O) groups excluding carboxylic acids is 2. The zero-order chi connectivity index (χ0) is 19.8. The van der Waals surface area contributed by atoms with E-state index < -0.39 is 18.1 Å². The summed E-state index contributed by atoms with van der Waals surface area (Å²) in [7, 11) is 1.33. The fraction of sp³-hybridized carbons (Fsp3) is 0.238. The number of hydrogen-bond acceptors (Lipinski definition) is 3. The number of nitrogens with zero attached hydrogens (tertiary/aromatic N) is 1. The molecule has 7 heteroatoms. The Morgan fingerprint density at radius 1 is 1.18 bits per heavy atom. The number of esters is 1. The van der Waals surface area contributed by atoms with Gasteiger partial charge in [-0.05, 0) is 29.3 Å². The minimum absolute atomic E-state index is 0.229. The molecule has 3 aromatic rings. The highest BCUT2D eigenvalue weighted by molar-refractivity contribution is 6.30. The lowest BCUT2D eigenvalue weighted by molar-refractivity contribution is -0.154. The summed E-state index contributed by atoms with van der Waals surface area (Å²) in [5.41, 5.74) is 3.67. The number of para-hydroxylation sites is 1. The van der Waals surface area contributed by atoms with Gasteiger partial charge < -0.3 is 14.6 Å². The molecule has 0 aliphatic carbocycles. The van der Waals surface area contributed by atoms with Crippen LogP contribution in [-0.4, -0.2) is 40.8 Å². The molecule has 0 saturated carbocycles. The van der Waals surface area contributed by atoms with Crippen molar-refractivity contribution in [2.24, 2.45) is 0 Å². The highest BCUT2D eigenvalue weighted by atomic mass is 35.5. The molecule has 1 amide bonds. The number of H-pyrrole nitrogens is 1. The number of amides is 1. The van der Waals surface area contributed by atoms with Crippen LogP contribution in [0.4, 0.5) is 0 Å². The van der Waals surface area contributed by atoms with Crippen LogP contribution >= 0.6 is 23.2 Å². The van der Waals surface area contributed by atoms with Crippen molar-refractivity contribution < 1.29 is 14.3 Å². The van der Waals surface area contributed by atoms with Crippen molar-refractivity contribution in [3.63, 3.8) is 0 Å². The summed E-state index contributed by atoms with van der Waals surface area (Å²) in [6.45, 7) is 0.